The normalized spacial score (nSPS) is 11.0. The topological polar surface area (TPSA) is 96.2 Å². The molecule has 0 saturated carbocycles. The van der Waals surface area contributed by atoms with Crippen molar-refractivity contribution in [3.63, 3.8) is 0 Å². The molecule has 0 aliphatic heterocycles. The zero-order valence-corrected chi connectivity index (χ0v) is 15.2. The van der Waals surface area contributed by atoms with Crippen molar-refractivity contribution in [2.45, 2.75) is 20.0 Å². The van der Waals surface area contributed by atoms with Crippen LogP contribution in [0.1, 0.15) is 24.2 Å². The SMILES string of the molecule is COc1ccc2ccc(O)c(-c3c(O)ccc(O)c3C(=O)OC(C)C)c2c1. The van der Waals surface area contributed by atoms with Gasteiger partial charge in [-0.15, -0.1) is 0 Å². The highest BCUT2D eigenvalue weighted by Gasteiger charge is 2.26. The smallest absolute Gasteiger partial charge is 0.342 e. The van der Waals surface area contributed by atoms with Crippen molar-refractivity contribution < 1.29 is 29.6 Å². The van der Waals surface area contributed by atoms with Gasteiger partial charge in [0.25, 0.3) is 0 Å². The lowest BCUT2D eigenvalue weighted by Crippen LogP contribution is -2.13. The standard InChI is InChI=1S/C21H20O6/c1-11(2)27-21(25)20-17(24)9-8-16(23)19(20)18-14-10-13(26-3)6-4-12(14)5-7-15(18)22/h4-11,22-24H,1-3H3. The molecule has 0 fully saturated rings. The first-order chi connectivity index (χ1) is 12.8. The summed E-state index contributed by atoms with van der Waals surface area (Å²) >= 11 is 0. The molecule has 0 spiro atoms. The second kappa shape index (κ2) is 7.07. The largest absolute Gasteiger partial charge is 0.507 e. The molecule has 0 unspecified atom stereocenters. The van der Waals surface area contributed by atoms with Crippen LogP contribution in [0.3, 0.4) is 0 Å². The summed E-state index contributed by atoms with van der Waals surface area (Å²) in [5, 5.41) is 32.7. The van der Waals surface area contributed by atoms with E-state index in [1.54, 1.807) is 38.1 Å². The number of ether oxygens (including phenoxy) is 2. The molecule has 0 aromatic heterocycles. The van der Waals surface area contributed by atoms with Gasteiger partial charge in [0, 0.05) is 11.1 Å². The van der Waals surface area contributed by atoms with Gasteiger partial charge in [-0.2, -0.15) is 0 Å². The first-order valence-corrected chi connectivity index (χ1v) is 8.39. The maximum absolute atomic E-state index is 12.6. The van der Waals surface area contributed by atoms with E-state index < -0.39 is 12.1 Å². The number of benzene rings is 3. The molecule has 0 atom stereocenters. The minimum Gasteiger partial charge on any atom is -0.507 e. The molecule has 0 aliphatic carbocycles. The Morgan fingerprint density at radius 3 is 2.15 bits per heavy atom. The molecule has 3 aromatic carbocycles. The van der Waals surface area contributed by atoms with Gasteiger partial charge in [0.2, 0.25) is 0 Å². The van der Waals surface area contributed by atoms with Crippen molar-refractivity contribution in [1.29, 1.82) is 0 Å². The third-order valence-corrected chi connectivity index (χ3v) is 4.16. The molecule has 6 heteroatoms. The van der Waals surface area contributed by atoms with E-state index in [0.29, 0.717) is 11.1 Å². The lowest BCUT2D eigenvalue weighted by Gasteiger charge is -2.17. The fourth-order valence-electron chi connectivity index (χ4n) is 2.99. The Hall–Kier alpha value is -3.41. The molecule has 27 heavy (non-hydrogen) atoms. The fraction of sp³-hybridized carbons (Fsp3) is 0.190. The number of methoxy groups -OCH3 is 1. The average Bonchev–Trinajstić information content (AvgIpc) is 2.62. The lowest BCUT2D eigenvalue weighted by atomic mass is 9.92. The number of phenols is 3. The first-order valence-electron chi connectivity index (χ1n) is 8.39. The molecule has 0 aliphatic rings. The monoisotopic (exact) mass is 368 g/mol. The van der Waals surface area contributed by atoms with Gasteiger partial charge >= 0.3 is 5.97 Å². The summed E-state index contributed by atoms with van der Waals surface area (Å²) < 4.78 is 10.5. The van der Waals surface area contributed by atoms with Crippen molar-refractivity contribution in [3.05, 3.63) is 48.0 Å². The second-order valence-electron chi connectivity index (χ2n) is 6.35. The van der Waals surface area contributed by atoms with Gasteiger partial charge in [0.05, 0.1) is 13.2 Å². The van der Waals surface area contributed by atoms with Crippen LogP contribution in [0.4, 0.5) is 0 Å². The molecular weight excluding hydrogens is 348 g/mol. The van der Waals surface area contributed by atoms with Gasteiger partial charge in [0.1, 0.15) is 28.6 Å². The Kier molecular flexibility index (Phi) is 4.81. The summed E-state index contributed by atoms with van der Waals surface area (Å²) in [7, 11) is 1.51. The maximum atomic E-state index is 12.6. The third kappa shape index (κ3) is 3.33. The van der Waals surface area contributed by atoms with Gasteiger partial charge in [-0.05, 0) is 55.0 Å². The highest BCUT2D eigenvalue weighted by Crippen LogP contribution is 2.46. The summed E-state index contributed by atoms with van der Waals surface area (Å²) in [6.45, 7) is 3.36. The Balaban J connectivity index is 2.39. The van der Waals surface area contributed by atoms with Gasteiger partial charge < -0.3 is 24.8 Å². The Labute approximate surface area is 156 Å². The quantitative estimate of drug-likeness (QED) is 0.472. The van der Waals surface area contributed by atoms with E-state index in [9.17, 15) is 20.1 Å². The van der Waals surface area contributed by atoms with Crippen molar-refractivity contribution in [2.75, 3.05) is 7.11 Å². The number of phenolic OH excluding ortho intramolecular Hbond substituents is 3. The van der Waals surface area contributed by atoms with E-state index in [-0.39, 0.29) is 33.9 Å². The summed E-state index contributed by atoms with van der Waals surface area (Å²) in [6, 6.07) is 10.9. The lowest BCUT2D eigenvalue weighted by molar-refractivity contribution is 0.0375. The van der Waals surface area contributed by atoms with E-state index >= 15 is 0 Å². The van der Waals surface area contributed by atoms with Crippen LogP contribution in [0.2, 0.25) is 0 Å². The number of fused-ring (bicyclic) bond motifs is 1. The number of carbonyl (C=O) groups excluding carboxylic acids is 1. The summed E-state index contributed by atoms with van der Waals surface area (Å²) in [5.74, 6) is -1.04. The van der Waals surface area contributed by atoms with E-state index in [0.717, 1.165) is 5.39 Å². The van der Waals surface area contributed by atoms with Gasteiger partial charge in [-0.1, -0.05) is 12.1 Å². The fourth-order valence-corrected chi connectivity index (χ4v) is 2.99. The van der Waals surface area contributed by atoms with E-state index in [1.165, 1.54) is 25.3 Å². The molecule has 3 aromatic rings. The number of hydrogen-bond donors (Lipinski definition) is 3. The van der Waals surface area contributed by atoms with E-state index in [2.05, 4.69) is 0 Å². The van der Waals surface area contributed by atoms with Crippen LogP contribution >= 0.6 is 0 Å². The predicted molar refractivity (Wildman–Crippen MR) is 101 cm³/mol. The van der Waals surface area contributed by atoms with Crippen LogP contribution in [-0.4, -0.2) is 34.5 Å². The number of carbonyl (C=O) groups is 1. The van der Waals surface area contributed by atoms with Crippen LogP contribution in [0.5, 0.6) is 23.0 Å². The van der Waals surface area contributed by atoms with Crippen molar-refractivity contribution >= 4 is 16.7 Å². The van der Waals surface area contributed by atoms with Gasteiger partial charge in [-0.3, -0.25) is 0 Å². The molecule has 0 amide bonds. The van der Waals surface area contributed by atoms with Crippen LogP contribution in [0, 0.1) is 0 Å². The zero-order chi connectivity index (χ0) is 19.7. The predicted octanol–water partition coefficient (Wildman–Crippen LogP) is 4.20. The number of esters is 1. The molecule has 0 saturated heterocycles. The molecule has 6 nitrogen and oxygen atoms in total. The third-order valence-electron chi connectivity index (χ3n) is 4.16. The molecule has 140 valence electrons. The Morgan fingerprint density at radius 1 is 0.889 bits per heavy atom. The molecule has 3 rings (SSSR count). The van der Waals surface area contributed by atoms with E-state index in [4.69, 9.17) is 9.47 Å². The highest BCUT2D eigenvalue weighted by molar-refractivity contribution is 6.09. The average molecular weight is 368 g/mol. The van der Waals surface area contributed by atoms with Crippen LogP contribution in [-0.2, 0) is 4.74 Å². The molecule has 0 bridgehead atoms. The van der Waals surface area contributed by atoms with Crippen LogP contribution in [0.25, 0.3) is 21.9 Å². The second-order valence-corrected chi connectivity index (χ2v) is 6.35. The Morgan fingerprint density at radius 2 is 1.48 bits per heavy atom. The van der Waals surface area contributed by atoms with Crippen LogP contribution < -0.4 is 4.74 Å². The minimum atomic E-state index is -0.798. The number of hydrogen-bond acceptors (Lipinski definition) is 6. The van der Waals surface area contributed by atoms with E-state index in [1.807, 2.05) is 0 Å². The van der Waals surface area contributed by atoms with Crippen molar-refractivity contribution in [1.82, 2.24) is 0 Å². The zero-order valence-electron chi connectivity index (χ0n) is 15.2. The molecule has 0 heterocycles. The summed E-state index contributed by atoms with van der Waals surface area (Å²) in [6.07, 6.45) is -0.423. The van der Waals surface area contributed by atoms with Crippen molar-refractivity contribution in [3.8, 4) is 34.1 Å². The molecular formula is C21H20O6. The molecule has 3 N–H and O–H groups in total. The number of aromatic hydroxyl groups is 3. The van der Waals surface area contributed by atoms with Gasteiger partial charge in [-0.25, -0.2) is 4.79 Å². The first kappa shape index (κ1) is 18.4. The number of rotatable bonds is 4. The minimum absolute atomic E-state index is 0.00277. The molecule has 0 radical (unpaired) electrons. The highest BCUT2D eigenvalue weighted by atomic mass is 16.5. The summed E-state index contributed by atoms with van der Waals surface area (Å²) in [4.78, 5) is 12.6. The Bertz CT molecular complexity index is 1020. The van der Waals surface area contributed by atoms with Gasteiger partial charge in [0.15, 0.2) is 0 Å². The maximum Gasteiger partial charge on any atom is 0.342 e. The van der Waals surface area contributed by atoms with Crippen LogP contribution in [0.15, 0.2) is 42.5 Å². The van der Waals surface area contributed by atoms with Crippen molar-refractivity contribution in [2.24, 2.45) is 0 Å². The summed E-state index contributed by atoms with van der Waals surface area (Å²) in [5.41, 5.74) is -0.0122.